The molecule has 1 aliphatic rings. The third-order valence-electron chi connectivity index (χ3n) is 2.99. The van der Waals surface area contributed by atoms with Crippen molar-refractivity contribution in [2.75, 3.05) is 5.73 Å². The highest BCUT2D eigenvalue weighted by molar-refractivity contribution is 7.99. The van der Waals surface area contributed by atoms with Gasteiger partial charge < -0.3 is 5.73 Å². The monoisotopic (exact) mass is 237 g/mol. The Morgan fingerprint density at radius 3 is 2.69 bits per heavy atom. The van der Waals surface area contributed by atoms with Crippen LogP contribution in [-0.4, -0.2) is 15.2 Å². The summed E-state index contributed by atoms with van der Waals surface area (Å²) in [7, 11) is 0. The van der Waals surface area contributed by atoms with Gasteiger partial charge >= 0.3 is 0 Å². The third kappa shape index (κ3) is 2.48. The quantitative estimate of drug-likeness (QED) is 0.645. The maximum atomic E-state index is 5.94. The van der Waals surface area contributed by atoms with Crippen LogP contribution < -0.4 is 5.73 Å². The van der Waals surface area contributed by atoms with Gasteiger partial charge in [-0.1, -0.05) is 13.8 Å². The maximum Gasteiger partial charge on any atom is 0.135 e. The Bertz CT molecular complexity index is 388. The molecule has 0 amide bonds. The Labute approximate surface area is 101 Å². The Morgan fingerprint density at radius 1 is 1.44 bits per heavy atom. The largest absolute Gasteiger partial charge is 0.383 e. The van der Waals surface area contributed by atoms with Gasteiger partial charge in [0.1, 0.15) is 16.7 Å². The molecule has 1 aliphatic carbocycles. The molecule has 88 valence electrons. The van der Waals surface area contributed by atoms with Crippen LogP contribution in [0.1, 0.15) is 50.4 Å². The van der Waals surface area contributed by atoms with E-state index in [4.69, 9.17) is 5.73 Å². The first-order valence-corrected chi connectivity index (χ1v) is 6.80. The summed E-state index contributed by atoms with van der Waals surface area (Å²) in [6.07, 6.45) is 3.58. The van der Waals surface area contributed by atoms with Crippen molar-refractivity contribution in [1.82, 2.24) is 9.97 Å². The second kappa shape index (κ2) is 4.62. The van der Waals surface area contributed by atoms with Gasteiger partial charge in [0.15, 0.2) is 0 Å². The Morgan fingerprint density at radius 2 is 2.12 bits per heavy atom. The van der Waals surface area contributed by atoms with Gasteiger partial charge in [0.2, 0.25) is 0 Å². The molecule has 2 N–H and O–H groups in total. The molecule has 0 saturated heterocycles. The lowest BCUT2D eigenvalue weighted by Gasteiger charge is -2.12. The van der Waals surface area contributed by atoms with Crippen LogP contribution in [0.3, 0.4) is 0 Å². The summed E-state index contributed by atoms with van der Waals surface area (Å²) in [4.78, 5) is 9.04. The van der Waals surface area contributed by atoms with Crippen LogP contribution in [0.2, 0.25) is 0 Å². The van der Waals surface area contributed by atoms with E-state index in [1.54, 1.807) is 0 Å². The standard InChI is InChI=1S/C12H19N3S/c1-4-7(2)16-12-8(3)10(13)14-11(15-12)9-5-6-9/h7,9H,4-6H2,1-3H3,(H2,13,14,15). The van der Waals surface area contributed by atoms with Gasteiger partial charge in [-0.05, 0) is 26.2 Å². The van der Waals surface area contributed by atoms with Gasteiger partial charge in [0, 0.05) is 16.7 Å². The molecule has 1 aromatic heterocycles. The molecule has 3 nitrogen and oxygen atoms in total. The predicted octanol–water partition coefficient (Wildman–Crippen LogP) is 3.14. The zero-order chi connectivity index (χ0) is 11.7. The molecule has 1 aromatic rings. The van der Waals surface area contributed by atoms with Crippen molar-refractivity contribution in [3.63, 3.8) is 0 Å². The summed E-state index contributed by atoms with van der Waals surface area (Å²) in [5.41, 5.74) is 6.98. The number of aromatic nitrogens is 2. The minimum atomic E-state index is 0.569. The van der Waals surface area contributed by atoms with E-state index in [0.717, 1.165) is 22.8 Å². The topological polar surface area (TPSA) is 51.8 Å². The fraction of sp³-hybridized carbons (Fsp3) is 0.667. The first-order chi connectivity index (χ1) is 7.61. The lowest BCUT2D eigenvalue weighted by molar-refractivity contribution is 0.854. The Hall–Kier alpha value is -0.770. The number of rotatable bonds is 4. The van der Waals surface area contributed by atoms with Crippen molar-refractivity contribution in [1.29, 1.82) is 0 Å². The van der Waals surface area contributed by atoms with Crippen molar-refractivity contribution >= 4 is 17.6 Å². The highest BCUT2D eigenvalue weighted by Gasteiger charge is 2.28. The molecule has 1 saturated carbocycles. The van der Waals surface area contributed by atoms with Crippen LogP contribution in [0.4, 0.5) is 5.82 Å². The van der Waals surface area contributed by atoms with E-state index in [1.165, 1.54) is 12.8 Å². The molecule has 0 spiro atoms. The van der Waals surface area contributed by atoms with Crippen molar-refractivity contribution in [2.24, 2.45) is 0 Å². The van der Waals surface area contributed by atoms with E-state index in [2.05, 4.69) is 23.8 Å². The molecular weight excluding hydrogens is 218 g/mol. The number of hydrogen-bond acceptors (Lipinski definition) is 4. The Kier molecular flexibility index (Phi) is 3.38. The fourth-order valence-electron chi connectivity index (χ4n) is 1.44. The average molecular weight is 237 g/mol. The summed E-state index contributed by atoms with van der Waals surface area (Å²) in [5, 5.41) is 1.66. The van der Waals surface area contributed by atoms with Crippen LogP contribution in [0.15, 0.2) is 5.03 Å². The van der Waals surface area contributed by atoms with E-state index in [9.17, 15) is 0 Å². The molecule has 4 heteroatoms. The molecule has 0 radical (unpaired) electrons. The van der Waals surface area contributed by atoms with Crippen molar-refractivity contribution in [2.45, 2.75) is 56.2 Å². The van der Waals surface area contributed by atoms with Crippen LogP contribution in [-0.2, 0) is 0 Å². The van der Waals surface area contributed by atoms with Gasteiger partial charge in [-0.15, -0.1) is 11.8 Å². The zero-order valence-electron chi connectivity index (χ0n) is 10.2. The van der Waals surface area contributed by atoms with E-state index < -0.39 is 0 Å². The molecule has 2 rings (SSSR count). The van der Waals surface area contributed by atoms with E-state index in [0.29, 0.717) is 17.0 Å². The molecule has 16 heavy (non-hydrogen) atoms. The van der Waals surface area contributed by atoms with Gasteiger partial charge in [0.05, 0.1) is 0 Å². The highest BCUT2D eigenvalue weighted by atomic mass is 32.2. The summed E-state index contributed by atoms with van der Waals surface area (Å²) in [5.74, 6) is 2.18. The highest BCUT2D eigenvalue weighted by Crippen LogP contribution is 2.40. The summed E-state index contributed by atoms with van der Waals surface area (Å²) in [6, 6.07) is 0. The second-order valence-electron chi connectivity index (χ2n) is 4.51. The molecular formula is C12H19N3S. The van der Waals surface area contributed by atoms with Crippen molar-refractivity contribution < 1.29 is 0 Å². The molecule has 0 aliphatic heterocycles. The second-order valence-corrected chi connectivity index (χ2v) is 5.94. The molecule has 1 fully saturated rings. The molecule has 1 atom stereocenters. The number of hydrogen-bond donors (Lipinski definition) is 1. The normalized spacial score (nSPS) is 17.4. The summed E-state index contributed by atoms with van der Waals surface area (Å²) < 4.78 is 0. The SMILES string of the molecule is CCC(C)Sc1nc(C2CC2)nc(N)c1C. The summed E-state index contributed by atoms with van der Waals surface area (Å²) >= 11 is 1.81. The first kappa shape index (κ1) is 11.7. The molecule has 0 bridgehead atoms. The minimum absolute atomic E-state index is 0.569. The minimum Gasteiger partial charge on any atom is -0.383 e. The van der Waals surface area contributed by atoms with Crippen LogP contribution in [0.25, 0.3) is 0 Å². The van der Waals surface area contributed by atoms with Crippen molar-refractivity contribution in [3.05, 3.63) is 11.4 Å². The average Bonchev–Trinajstić information content (AvgIpc) is 3.07. The molecule has 0 aromatic carbocycles. The van der Waals surface area contributed by atoms with E-state index in [1.807, 2.05) is 18.7 Å². The molecule has 1 heterocycles. The van der Waals surface area contributed by atoms with Gasteiger partial charge in [-0.3, -0.25) is 0 Å². The maximum absolute atomic E-state index is 5.94. The summed E-state index contributed by atoms with van der Waals surface area (Å²) in [6.45, 7) is 6.43. The third-order valence-corrected chi connectivity index (χ3v) is 4.34. The Balaban J connectivity index is 2.27. The predicted molar refractivity (Wildman–Crippen MR) is 68.8 cm³/mol. The smallest absolute Gasteiger partial charge is 0.135 e. The van der Waals surface area contributed by atoms with Crippen LogP contribution in [0.5, 0.6) is 0 Å². The molecule has 1 unspecified atom stereocenters. The van der Waals surface area contributed by atoms with E-state index in [-0.39, 0.29) is 0 Å². The van der Waals surface area contributed by atoms with Crippen molar-refractivity contribution in [3.8, 4) is 0 Å². The first-order valence-electron chi connectivity index (χ1n) is 5.92. The van der Waals surface area contributed by atoms with Crippen LogP contribution in [0, 0.1) is 6.92 Å². The number of anilines is 1. The number of nitrogens with two attached hydrogens (primary N) is 1. The van der Waals surface area contributed by atoms with Gasteiger partial charge in [0.25, 0.3) is 0 Å². The van der Waals surface area contributed by atoms with Gasteiger partial charge in [-0.25, -0.2) is 9.97 Å². The van der Waals surface area contributed by atoms with Gasteiger partial charge in [-0.2, -0.15) is 0 Å². The fourth-order valence-corrected chi connectivity index (χ4v) is 2.42. The zero-order valence-corrected chi connectivity index (χ0v) is 11.0. The lowest BCUT2D eigenvalue weighted by atomic mass is 10.3. The lowest BCUT2D eigenvalue weighted by Crippen LogP contribution is -2.05. The number of nitrogens with zero attached hydrogens (tertiary/aromatic N) is 2. The number of nitrogen functional groups attached to an aromatic ring is 1. The number of thioether (sulfide) groups is 1. The van der Waals surface area contributed by atoms with E-state index >= 15 is 0 Å². The van der Waals surface area contributed by atoms with Crippen LogP contribution >= 0.6 is 11.8 Å².